The van der Waals surface area contributed by atoms with E-state index in [1.165, 1.54) is 18.2 Å². The largest absolute Gasteiger partial charge is 0.452 e. The summed E-state index contributed by atoms with van der Waals surface area (Å²) in [6.07, 6.45) is 0. The Morgan fingerprint density at radius 1 is 0.960 bits per heavy atom. The van der Waals surface area contributed by atoms with Crippen molar-refractivity contribution in [1.29, 1.82) is 0 Å². The number of esters is 1. The van der Waals surface area contributed by atoms with E-state index in [4.69, 9.17) is 27.9 Å². The number of carbonyl (C=O) groups excluding carboxylic acids is 2. The Morgan fingerprint density at radius 3 is 2.52 bits per heavy atom. The fraction of sp³-hybridized carbons (Fsp3) is 0.0526. The molecule has 0 aromatic heterocycles. The molecule has 3 aromatic rings. The van der Waals surface area contributed by atoms with Gasteiger partial charge in [0.25, 0.3) is 5.91 Å². The quantitative estimate of drug-likeness (QED) is 0.658. The highest BCUT2D eigenvalue weighted by Crippen LogP contribution is 2.23. The number of nitrogens with one attached hydrogen (secondary N) is 1. The molecule has 1 N–H and O–H groups in total. The van der Waals surface area contributed by atoms with Crippen molar-refractivity contribution in [2.24, 2.45) is 0 Å². The number of amides is 1. The Balaban J connectivity index is 1.65. The Labute approximate surface area is 154 Å². The van der Waals surface area contributed by atoms with Crippen LogP contribution >= 0.6 is 23.2 Å². The van der Waals surface area contributed by atoms with Gasteiger partial charge in [-0.2, -0.15) is 0 Å². The van der Waals surface area contributed by atoms with Crippen molar-refractivity contribution in [2.45, 2.75) is 0 Å². The molecule has 0 saturated heterocycles. The maximum atomic E-state index is 12.1. The van der Waals surface area contributed by atoms with E-state index in [0.717, 1.165) is 10.8 Å². The topological polar surface area (TPSA) is 55.4 Å². The zero-order chi connectivity index (χ0) is 17.8. The van der Waals surface area contributed by atoms with Gasteiger partial charge in [0.2, 0.25) is 0 Å². The minimum Gasteiger partial charge on any atom is -0.452 e. The average Bonchev–Trinajstić information content (AvgIpc) is 2.60. The maximum Gasteiger partial charge on any atom is 0.340 e. The molecule has 0 aliphatic heterocycles. The monoisotopic (exact) mass is 373 g/mol. The second-order valence-electron chi connectivity index (χ2n) is 5.28. The first-order valence-electron chi connectivity index (χ1n) is 7.44. The van der Waals surface area contributed by atoms with Gasteiger partial charge in [-0.05, 0) is 29.7 Å². The fourth-order valence-electron chi connectivity index (χ4n) is 2.38. The normalized spacial score (nSPS) is 10.5. The number of anilines is 1. The van der Waals surface area contributed by atoms with E-state index in [0.29, 0.717) is 10.7 Å². The molecule has 0 saturated carbocycles. The molecule has 25 heavy (non-hydrogen) atoms. The van der Waals surface area contributed by atoms with Crippen LogP contribution in [0.5, 0.6) is 0 Å². The van der Waals surface area contributed by atoms with E-state index in [1.54, 1.807) is 6.07 Å². The van der Waals surface area contributed by atoms with Crippen molar-refractivity contribution in [2.75, 3.05) is 11.9 Å². The minimum absolute atomic E-state index is 0.157. The van der Waals surface area contributed by atoms with Gasteiger partial charge in [-0.25, -0.2) is 4.79 Å². The van der Waals surface area contributed by atoms with Crippen LogP contribution < -0.4 is 5.32 Å². The van der Waals surface area contributed by atoms with Gasteiger partial charge in [-0.1, -0.05) is 59.6 Å². The highest BCUT2D eigenvalue weighted by atomic mass is 35.5. The predicted octanol–water partition coefficient (Wildman–Crippen LogP) is 4.94. The van der Waals surface area contributed by atoms with Gasteiger partial charge in [0, 0.05) is 16.1 Å². The molecule has 3 aromatic carbocycles. The molecular formula is C19H13Cl2NO3. The molecule has 0 radical (unpaired) electrons. The highest BCUT2D eigenvalue weighted by molar-refractivity contribution is 6.36. The third kappa shape index (κ3) is 4.10. The van der Waals surface area contributed by atoms with Crippen LogP contribution in [0.15, 0.2) is 60.7 Å². The molecule has 1 amide bonds. The molecule has 0 atom stereocenters. The van der Waals surface area contributed by atoms with Crippen LogP contribution in [0.25, 0.3) is 10.8 Å². The maximum absolute atomic E-state index is 12.1. The van der Waals surface area contributed by atoms with Gasteiger partial charge >= 0.3 is 5.97 Å². The standard InChI is InChI=1S/C19H13Cl2NO3/c20-13-8-9-15(16(21)10-13)19(24)25-11-18(23)22-17-7-3-5-12-4-1-2-6-14(12)17/h1-10H,11H2,(H,22,23). The lowest BCUT2D eigenvalue weighted by atomic mass is 10.1. The molecule has 0 bridgehead atoms. The number of carbonyl (C=O) groups is 2. The number of fused-ring (bicyclic) bond motifs is 1. The van der Waals surface area contributed by atoms with Crippen molar-refractivity contribution in [3.05, 3.63) is 76.3 Å². The smallest absolute Gasteiger partial charge is 0.340 e. The van der Waals surface area contributed by atoms with Crippen LogP contribution in [0.4, 0.5) is 5.69 Å². The average molecular weight is 374 g/mol. The molecule has 0 unspecified atom stereocenters. The highest BCUT2D eigenvalue weighted by Gasteiger charge is 2.14. The van der Waals surface area contributed by atoms with Crippen molar-refractivity contribution < 1.29 is 14.3 Å². The summed E-state index contributed by atoms with van der Waals surface area (Å²) in [6, 6.07) is 17.7. The summed E-state index contributed by atoms with van der Waals surface area (Å²) in [5.41, 5.74) is 0.813. The van der Waals surface area contributed by atoms with Gasteiger partial charge in [-0.15, -0.1) is 0 Å². The lowest BCUT2D eigenvalue weighted by Gasteiger charge is -2.10. The number of halogens is 2. The van der Waals surface area contributed by atoms with E-state index in [2.05, 4.69) is 5.32 Å². The summed E-state index contributed by atoms with van der Waals surface area (Å²) in [5, 5.41) is 5.24. The number of ether oxygens (including phenoxy) is 1. The molecule has 0 heterocycles. The van der Waals surface area contributed by atoms with Crippen molar-refractivity contribution in [1.82, 2.24) is 0 Å². The first kappa shape index (κ1) is 17.3. The number of hydrogen-bond donors (Lipinski definition) is 1. The molecule has 126 valence electrons. The summed E-state index contributed by atoms with van der Waals surface area (Å²) in [4.78, 5) is 24.1. The van der Waals surface area contributed by atoms with E-state index >= 15 is 0 Å². The van der Waals surface area contributed by atoms with Crippen LogP contribution in [-0.2, 0) is 9.53 Å². The van der Waals surface area contributed by atoms with Gasteiger partial charge in [0.05, 0.1) is 10.6 Å². The lowest BCUT2D eigenvalue weighted by molar-refractivity contribution is -0.119. The third-order valence-electron chi connectivity index (χ3n) is 3.55. The van der Waals surface area contributed by atoms with E-state index in [1.807, 2.05) is 36.4 Å². The summed E-state index contributed by atoms with van der Waals surface area (Å²) in [7, 11) is 0. The van der Waals surface area contributed by atoms with E-state index < -0.39 is 18.5 Å². The van der Waals surface area contributed by atoms with Crippen LogP contribution in [0.1, 0.15) is 10.4 Å². The molecule has 3 rings (SSSR count). The molecule has 0 fully saturated rings. The van der Waals surface area contributed by atoms with Crippen LogP contribution in [-0.4, -0.2) is 18.5 Å². The number of rotatable bonds is 4. The Hall–Kier alpha value is -2.56. The number of benzene rings is 3. The third-order valence-corrected chi connectivity index (χ3v) is 4.10. The molecule has 4 nitrogen and oxygen atoms in total. The van der Waals surface area contributed by atoms with Gasteiger partial charge < -0.3 is 10.1 Å². The van der Waals surface area contributed by atoms with Crippen LogP contribution in [0.2, 0.25) is 10.0 Å². The van der Waals surface area contributed by atoms with Crippen LogP contribution in [0.3, 0.4) is 0 Å². The predicted molar refractivity (Wildman–Crippen MR) is 99.3 cm³/mol. The SMILES string of the molecule is O=C(COC(=O)c1ccc(Cl)cc1Cl)Nc1cccc2ccccc12. The molecular weight excluding hydrogens is 361 g/mol. The second-order valence-corrected chi connectivity index (χ2v) is 6.12. The van der Waals surface area contributed by atoms with Crippen LogP contribution in [0, 0.1) is 0 Å². The van der Waals surface area contributed by atoms with Crippen molar-refractivity contribution >= 4 is 51.5 Å². The zero-order valence-electron chi connectivity index (χ0n) is 13.0. The van der Waals surface area contributed by atoms with Gasteiger partial charge in [0.1, 0.15) is 0 Å². The fourth-order valence-corrected chi connectivity index (χ4v) is 2.87. The van der Waals surface area contributed by atoms with Gasteiger partial charge in [0.15, 0.2) is 6.61 Å². The summed E-state index contributed by atoms with van der Waals surface area (Å²) >= 11 is 11.7. The van der Waals surface area contributed by atoms with Gasteiger partial charge in [-0.3, -0.25) is 4.79 Å². The molecule has 6 heteroatoms. The zero-order valence-corrected chi connectivity index (χ0v) is 14.5. The summed E-state index contributed by atoms with van der Waals surface area (Å²) in [5.74, 6) is -1.12. The molecule has 0 aliphatic carbocycles. The van der Waals surface area contributed by atoms with Crippen molar-refractivity contribution in [3.8, 4) is 0 Å². The lowest BCUT2D eigenvalue weighted by Crippen LogP contribution is -2.21. The second kappa shape index (κ2) is 7.55. The molecule has 0 aliphatic rings. The van der Waals surface area contributed by atoms with E-state index in [9.17, 15) is 9.59 Å². The summed E-state index contributed by atoms with van der Waals surface area (Å²) < 4.78 is 5.02. The number of hydrogen-bond acceptors (Lipinski definition) is 3. The summed E-state index contributed by atoms with van der Waals surface area (Å²) in [6.45, 7) is -0.416. The Kier molecular flexibility index (Phi) is 5.22. The van der Waals surface area contributed by atoms with E-state index in [-0.39, 0.29) is 10.6 Å². The van der Waals surface area contributed by atoms with Crippen molar-refractivity contribution in [3.63, 3.8) is 0 Å². The molecule has 0 spiro atoms. The Morgan fingerprint density at radius 2 is 1.72 bits per heavy atom. The first-order chi connectivity index (χ1) is 12.0. The first-order valence-corrected chi connectivity index (χ1v) is 8.20. The Bertz CT molecular complexity index is 951. The minimum atomic E-state index is -0.685.